The van der Waals surface area contributed by atoms with Crippen LogP contribution in [0.3, 0.4) is 0 Å². The molecular weight excluding hydrogens is 529 g/mol. The minimum atomic E-state index is -4.82. The van der Waals surface area contributed by atoms with Crippen LogP contribution in [0.5, 0.6) is 0 Å². The first-order chi connectivity index (χ1) is 17.4. The van der Waals surface area contributed by atoms with Crippen LogP contribution in [-0.4, -0.2) is 80.5 Å². The second-order valence-corrected chi connectivity index (χ2v) is 12.0. The Labute approximate surface area is 220 Å². The van der Waals surface area contributed by atoms with Crippen LogP contribution in [0.1, 0.15) is 31.7 Å². The predicted molar refractivity (Wildman–Crippen MR) is 138 cm³/mol. The van der Waals surface area contributed by atoms with E-state index in [4.69, 9.17) is 21.7 Å². The summed E-state index contributed by atoms with van der Waals surface area (Å²) in [7, 11) is -3.82. The van der Waals surface area contributed by atoms with Gasteiger partial charge in [0, 0.05) is 43.2 Å². The van der Waals surface area contributed by atoms with Crippen molar-refractivity contribution in [3.05, 3.63) is 53.0 Å². The van der Waals surface area contributed by atoms with Gasteiger partial charge in [0.1, 0.15) is 0 Å². The van der Waals surface area contributed by atoms with Crippen molar-refractivity contribution < 1.29 is 36.2 Å². The minimum absolute atomic E-state index is 0.00249. The molecule has 204 valence electrons. The van der Waals surface area contributed by atoms with Gasteiger partial charge in [-0.05, 0) is 43.5 Å². The molecule has 0 saturated carbocycles. The van der Waals surface area contributed by atoms with E-state index in [1.165, 1.54) is 34.6 Å². The predicted octanol–water partition coefficient (Wildman–Crippen LogP) is 3.69. The lowest BCUT2D eigenvalue weighted by atomic mass is 9.95. The Hall–Kier alpha value is -1.83. The van der Waals surface area contributed by atoms with Gasteiger partial charge in [0.05, 0.1) is 30.3 Å². The number of ether oxygens (including phenoxy) is 2. The number of piperazine rings is 1. The Morgan fingerprint density at radius 2 is 1.92 bits per heavy atom. The summed E-state index contributed by atoms with van der Waals surface area (Å²) in [5.41, 5.74) is -2.65. The molecule has 0 aromatic heterocycles. The van der Waals surface area contributed by atoms with E-state index >= 15 is 0 Å². The van der Waals surface area contributed by atoms with Crippen molar-refractivity contribution in [3.8, 4) is 0 Å². The molecule has 0 bridgehead atoms. The summed E-state index contributed by atoms with van der Waals surface area (Å²) in [5.74, 6) is 0. The van der Waals surface area contributed by atoms with E-state index in [0.29, 0.717) is 43.7 Å². The van der Waals surface area contributed by atoms with Crippen LogP contribution in [0.4, 0.5) is 18.9 Å². The molecule has 2 heterocycles. The normalized spacial score (nSPS) is 25.3. The molecule has 12 heteroatoms. The highest BCUT2D eigenvalue weighted by atomic mass is 32.2. The van der Waals surface area contributed by atoms with Crippen molar-refractivity contribution in [1.82, 2.24) is 4.31 Å². The Morgan fingerprint density at radius 1 is 1.19 bits per heavy atom. The number of anilines is 1. The van der Waals surface area contributed by atoms with Crippen LogP contribution >= 0.6 is 12.2 Å². The fraction of sp³-hybridized carbons (Fsp3) is 0.560. The molecule has 2 saturated heterocycles. The molecule has 37 heavy (non-hydrogen) atoms. The van der Waals surface area contributed by atoms with Crippen LogP contribution in [0.2, 0.25) is 0 Å². The molecule has 3 aliphatic rings. The van der Waals surface area contributed by atoms with Gasteiger partial charge >= 0.3 is 6.18 Å². The zero-order valence-corrected chi connectivity index (χ0v) is 22.1. The fourth-order valence-electron chi connectivity index (χ4n) is 4.67. The molecule has 2 fully saturated rings. The molecule has 0 radical (unpaired) electrons. The molecule has 0 spiro atoms. The van der Waals surface area contributed by atoms with E-state index in [-0.39, 0.29) is 36.3 Å². The number of aliphatic hydroxyl groups is 1. The zero-order valence-electron chi connectivity index (χ0n) is 20.5. The Morgan fingerprint density at radius 3 is 2.54 bits per heavy atom. The first-order valence-electron chi connectivity index (χ1n) is 12.2. The summed E-state index contributed by atoms with van der Waals surface area (Å²) in [6.45, 7) is 2.59. The summed E-state index contributed by atoms with van der Waals surface area (Å²) in [4.78, 5) is 2.42. The lowest BCUT2D eigenvalue weighted by Gasteiger charge is -2.42. The topological polar surface area (TPSA) is 79.3 Å². The highest BCUT2D eigenvalue weighted by molar-refractivity contribution is 7.96. The first kappa shape index (κ1) is 28.2. The van der Waals surface area contributed by atoms with Gasteiger partial charge in [0.15, 0.2) is 5.60 Å². The number of alkyl halides is 3. The van der Waals surface area contributed by atoms with Crippen molar-refractivity contribution in [2.75, 3.05) is 44.4 Å². The monoisotopic (exact) mass is 560 g/mol. The molecule has 3 atom stereocenters. The average Bonchev–Trinajstić information content (AvgIpc) is 3.37. The van der Waals surface area contributed by atoms with Gasteiger partial charge in [-0.1, -0.05) is 36.5 Å². The highest BCUT2D eigenvalue weighted by Gasteiger charge is 2.51. The van der Waals surface area contributed by atoms with E-state index in [0.717, 1.165) is 12.8 Å². The number of sulfonamides is 1. The van der Waals surface area contributed by atoms with Crippen LogP contribution in [0.15, 0.2) is 47.4 Å². The molecule has 1 N–H and O–H groups in total. The van der Waals surface area contributed by atoms with Crippen molar-refractivity contribution in [1.29, 1.82) is 0 Å². The molecule has 4 rings (SSSR count). The maximum atomic E-state index is 13.4. The smallest absolute Gasteiger partial charge is 0.377 e. The standard InChI is InChI=1S/C25H31F3N2O5S2/c1-24(31,25(26,27)28)18-8-10-19(11-9-18)30-13-12-29(37(32,33)23-7-3-2-6-22(23)36)15-20(30)16-34-17-21-5-4-14-35-21/h2-3,7-11,20-21,31H,4-6,12-17H2,1H3/t20-,21-,24?/m1/s1. The van der Waals surface area contributed by atoms with E-state index < -0.39 is 27.8 Å². The maximum Gasteiger partial charge on any atom is 0.421 e. The van der Waals surface area contributed by atoms with Crippen molar-refractivity contribution >= 4 is 32.8 Å². The number of allylic oxidation sites excluding steroid dienone is 4. The molecule has 1 aromatic rings. The van der Waals surface area contributed by atoms with Gasteiger partial charge < -0.3 is 19.5 Å². The third-order valence-corrected chi connectivity index (χ3v) is 9.44. The van der Waals surface area contributed by atoms with Gasteiger partial charge in [0.2, 0.25) is 10.0 Å². The van der Waals surface area contributed by atoms with Crippen LogP contribution in [-0.2, 0) is 25.1 Å². The average molecular weight is 561 g/mol. The van der Waals surface area contributed by atoms with E-state index in [1.807, 2.05) is 4.90 Å². The van der Waals surface area contributed by atoms with Crippen LogP contribution < -0.4 is 4.90 Å². The van der Waals surface area contributed by atoms with E-state index in [1.54, 1.807) is 12.2 Å². The maximum absolute atomic E-state index is 13.4. The molecule has 7 nitrogen and oxygen atoms in total. The van der Waals surface area contributed by atoms with Crippen LogP contribution in [0.25, 0.3) is 0 Å². The Balaban J connectivity index is 1.54. The molecule has 1 unspecified atom stereocenters. The summed E-state index contributed by atoms with van der Waals surface area (Å²) in [6, 6.07) is 5.11. The number of thiocarbonyl (C=S) groups is 1. The molecular formula is C25H31F3N2O5S2. The summed E-state index contributed by atoms with van der Waals surface area (Å²) in [6.07, 6.45) is 2.43. The third-order valence-electron chi connectivity index (χ3n) is 6.98. The van der Waals surface area contributed by atoms with E-state index in [2.05, 4.69) is 0 Å². The molecule has 2 aliphatic heterocycles. The first-order valence-corrected chi connectivity index (χ1v) is 14.0. The van der Waals surface area contributed by atoms with Crippen molar-refractivity contribution in [3.63, 3.8) is 0 Å². The van der Waals surface area contributed by atoms with Crippen molar-refractivity contribution in [2.24, 2.45) is 0 Å². The summed E-state index contributed by atoms with van der Waals surface area (Å²) >= 11 is 5.30. The van der Waals surface area contributed by atoms with Crippen LogP contribution in [0, 0.1) is 0 Å². The number of hydrogen-bond donors (Lipinski definition) is 1. The minimum Gasteiger partial charge on any atom is -0.377 e. The second kappa shape index (κ2) is 11.1. The van der Waals surface area contributed by atoms with Gasteiger partial charge in [-0.2, -0.15) is 17.5 Å². The Bertz CT molecular complexity index is 1140. The van der Waals surface area contributed by atoms with Gasteiger partial charge in [-0.3, -0.25) is 0 Å². The SMILES string of the molecule is CC(O)(c1ccc(N2CCN(S(=O)(=O)C3=CC=CCC3=S)C[C@@H]2COC[C@H]2CCCO2)cc1)C(F)(F)F. The largest absolute Gasteiger partial charge is 0.421 e. The Kier molecular flexibility index (Phi) is 8.46. The fourth-order valence-corrected chi connectivity index (χ4v) is 6.74. The zero-order chi connectivity index (χ0) is 26.8. The summed E-state index contributed by atoms with van der Waals surface area (Å²) in [5, 5.41) is 10.0. The molecule has 0 amide bonds. The highest BCUT2D eigenvalue weighted by Crippen LogP contribution is 2.39. The number of rotatable bonds is 8. The number of benzene rings is 1. The quantitative estimate of drug-likeness (QED) is 0.486. The van der Waals surface area contributed by atoms with Crippen molar-refractivity contribution in [2.45, 2.75) is 50.1 Å². The third kappa shape index (κ3) is 6.10. The second-order valence-electron chi connectivity index (χ2n) is 9.59. The number of hydrogen-bond acceptors (Lipinski definition) is 7. The molecule has 1 aliphatic carbocycles. The number of halogens is 3. The lowest BCUT2D eigenvalue weighted by molar-refractivity contribution is -0.258. The summed E-state index contributed by atoms with van der Waals surface area (Å²) < 4.78 is 79.5. The van der Waals surface area contributed by atoms with Gasteiger partial charge in [-0.15, -0.1) is 0 Å². The lowest BCUT2D eigenvalue weighted by Crippen LogP contribution is -2.57. The number of nitrogens with zero attached hydrogens (tertiary/aromatic N) is 2. The molecule has 1 aromatic carbocycles. The van der Waals surface area contributed by atoms with Gasteiger partial charge in [0.25, 0.3) is 0 Å². The van der Waals surface area contributed by atoms with Gasteiger partial charge in [-0.25, -0.2) is 8.42 Å². The van der Waals surface area contributed by atoms with E-state index in [9.17, 15) is 26.7 Å².